The first-order valence-corrected chi connectivity index (χ1v) is 9.52. The lowest BCUT2D eigenvalue weighted by Gasteiger charge is -2.15. The van der Waals surface area contributed by atoms with Crippen LogP contribution in [0.25, 0.3) is 16.7 Å². The highest BCUT2D eigenvalue weighted by atomic mass is 16.5. The van der Waals surface area contributed by atoms with Crippen LogP contribution in [0.3, 0.4) is 0 Å². The first-order chi connectivity index (χ1) is 13.5. The molecule has 1 aliphatic heterocycles. The van der Waals surface area contributed by atoms with E-state index in [1.807, 2.05) is 19.9 Å². The number of nitrogen functional groups attached to an aromatic ring is 1. The maximum Gasteiger partial charge on any atom is 0.278 e. The average molecular weight is 382 g/mol. The van der Waals surface area contributed by atoms with E-state index in [0.29, 0.717) is 29.0 Å². The number of nitrogens with one attached hydrogen (secondary N) is 1. The third-order valence-corrected chi connectivity index (χ3v) is 5.08. The van der Waals surface area contributed by atoms with Crippen LogP contribution in [-0.4, -0.2) is 34.5 Å². The molecule has 1 atom stereocenters. The first-order valence-electron chi connectivity index (χ1n) is 9.52. The Morgan fingerprint density at radius 1 is 1.46 bits per heavy atom. The Morgan fingerprint density at radius 2 is 2.29 bits per heavy atom. The van der Waals surface area contributed by atoms with Crippen LogP contribution in [0.2, 0.25) is 0 Å². The Bertz CT molecular complexity index is 1120. The van der Waals surface area contributed by atoms with E-state index >= 15 is 0 Å². The standard InChI is InChI=1S/C20H23N5O3/c1-12(2)25-17(21)14(19(26)22-11-13-6-5-9-28-13)10-15-18(25)23-16-7-3-4-8-24(16)20(15)27/h3-4,7-8,10,12-13,21H,5-6,9,11H2,1-2H3,(H,22,26)/p+1/t13-/m0/s1. The van der Waals surface area contributed by atoms with E-state index in [1.54, 1.807) is 29.0 Å². The maximum atomic E-state index is 13.0. The fraction of sp³-hybridized carbons (Fsp3) is 0.400. The molecule has 1 aliphatic rings. The lowest BCUT2D eigenvalue weighted by atomic mass is 10.1. The summed E-state index contributed by atoms with van der Waals surface area (Å²) >= 11 is 0. The van der Waals surface area contributed by atoms with Crippen LogP contribution in [0.15, 0.2) is 35.3 Å². The molecule has 3 aromatic rings. The van der Waals surface area contributed by atoms with E-state index in [-0.39, 0.29) is 29.2 Å². The number of carbonyl (C=O) groups is 1. The van der Waals surface area contributed by atoms with Crippen LogP contribution in [0.5, 0.6) is 0 Å². The molecule has 0 bridgehead atoms. The van der Waals surface area contributed by atoms with Gasteiger partial charge in [0.25, 0.3) is 17.1 Å². The highest BCUT2D eigenvalue weighted by molar-refractivity contribution is 6.00. The molecule has 1 saturated heterocycles. The van der Waals surface area contributed by atoms with Crippen molar-refractivity contribution in [2.75, 3.05) is 18.9 Å². The molecule has 1 amide bonds. The number of aromatic nitrogens is 3. The Hall–Kier alpha value is -3.00. The summed E-state index contributed by atoms with van der Waals surface area (Å²) in [5.41, 5.74) is 7.39. The number of pyridine rings is 2. The van der Waals surface area contributed by atoms with Crippen molar-refractivity contribution in [3.63, 3.8) is 0 Å². The molecular formula is C20H24N5O3+. The molecule has 0 radical (unpaired) electrons. The smallest absolute Gasteiger partial charge is 0.278 e. The Kier molecular flexibility index (Phi) is 4.72. The quantitative estimate of drug-likeness (QED) is 0.522. The van der Waals surface area contributed by atoms with Gasteiger partial charge in [0.1, 0.15) is 10.9 Å². The number of nitrogens with zero attached hydrogens (tertiary/aromatic N) is 3. The van der Waals surface area contributed by atoms with E-state index in [9.17, 15) is 9.59 Å². The van der Waals surface area contributed by atoms with E-state index < -0.39 is 0 Å². The molecule has 146 valence electrons. The summed E-state index contributed by atoms with van der Waals surface area (Å²) in [6.45, 7) is 5.03. The molecule has 28 heavy (non-hydrogen) atoms. The second-order valence-corrected chi connectivity index (χ2v) is 7.34. The van der Waals surface area contributed by atoms with Crippen LogP contribution < -0.4 is 21.2 Å². The second kappa shape index (κ2) is 7.20. The molecule has 4 rings (SSSR count). The van der Waals surface area contributed by atoms with Gasteiger partial charge in [-0.05, 0) is 44.9 Å². The lowest BCUT2D eigenvalue weighted by molar-refractivity contribution is -0.679. The Morgan fingerprint density at radius 3 is 3.00 bits per heavy atom. The van der Waals surface area contributed by atoms with Crippen molar-refractivity contribution in [2.24, 2.45) is 0 Å². The average Bonchev–Trinajstić information content (AvgIpc) is 3.19. The molecule has 0 unspecified atom stereocenters. The summed E-state index contributed by atoms with van der Waals surface area (Å²) < 4.78 is 8.76. The largest absolute Gasteiger partial charge is 0.376 e. The summed E-state index contributed by atoms with van der Waals surface area (Å²) in [5, 5.41) is 3.24. The third-order valence-electron chi connectivity index (χ3n) is 5.08. The number of anilines is 1. The van der Waals surface area contributed by atoms with Crippen molar-refractivity contribution in [1.82, 2.24) is 14.7 Å². The number of ether oxygens (including phenoxy) is 1. The second-order valence-electron chi connectivity index (χ2n) is 7.34. The third kappa shape index (κ3) is 3.09. The lowest BCUT2D eigenvalue weighted by Crippen LogP contribution is -2.44. The predicted octanol–water partition coefficient (Wildman–Crippen LogP) is 1.21. The summed E-state index contributed by atoms with van der Waals surface area (Å²) in [5.74, 6) is -0.0265. The van der Waals surface area contributed by atoms with Crippen LogP contribution in [0.1, 0.15) is 43.1 Å². The number of rotatable bonds is 4. The van der Waals surface area contributed by atoms with Gasteiger partial charge in [-0.15, -0.1) is 0 Å². The van der Waals surface area contributed by atoms with Crippen LogP contribution >= 0.6 is 0 Å². The number of fused-ring (bicyclic) bond motifs is 2. The number of hydrogen-bond acceptors (Lipinski definition) is 5. The zero-order valence-electron chi connectivity index (χ0n) is 16.0. The topological polar surface area (TPSA) is 103 Å². The number of carbonyl (C=O) groups excluding carboxylic acids is 1. The molecule has 0 saturated carbocycles. The van der Waals surface area contributed by atoms with Gasteiger partial charge >= 0.3 is 0 Å². The molecule has 1 fully saturated rings. The van der Waals surface area contributed by atoms with Gasteiger partial charge in [0.2, 0.25) is 11.5 Å². The minimum Gasteiger partial charge on any atom is -0.376 e. The van der Waals surface area contributed by atoms with Crippen molar-refractivity contribution in [1.29, 1.82) is 0 Å². The van der Waals surface area contributed by atoms with Crippen molar-refractivity contribution >= 4 is 28.4 Å². The predicted molar refractivity (Wildman–Crippen MR) is 105 cm³/mol. The van der Waals surface area contributed by atoms with Crippen LogP contribution in [-0.2, 0) is 4.74 Å². The number of amides is 1. The van der Waals surface area contributed by atoms with Gasteiger partial charge in [0, 0.05) is 19.3 Å². The van der Waals surface area contributed by atoms with E-state index in [0.717, 1.165) is 19.4 Å². The Labute approximate surface area is 161 Å². The first kappa shape index (κ1) is 18.4. The molecule has 0 spiro atoms. The fourth-order valence-corrected chi connectivity index (χ4v) is 3.67. The summed E-state index contributed by atoms with van der Waals surface area (Å²) in [7, 11) is 0. The fourth-order valence-electron chi connectivity index (χ4n) is 3.67. The summed E-state index contributed by atoms with van der Waals surface area (Å²) in [6, 6.07) is 6.83. The molecule has 4 heterocycles. The van der Waals surface area contributed by atoms with E-state index in [2.05, 4.69) is 10.3 Å². The summed E-state index contributed by atoms with van der Waals surface area (Å²) in [4.78, 5) is 30.5. The maximum absolute atomic E-state index is 13.0. The van der Waals surface area contributed by atoms with Gasteiger partial charge < -0.3 is 15.8 Å². The minimum absolute atomic E-state index is 0.0269. The van der Waals surface area contributed by atoms with Gasteiger partial charge in [0.15, 0.2) is 0 Å². The molecule has 3 aromatic heterocycles. The van der Waals surface area contributed by atoms with Crippen molar-refractivity contribution in [3.05, 3.63) is 46.4 Å². The Balaban J connectivity index is 1.86. The molecule has 8 nitrogen and oxygen atoms in total. The zero-order chi connectivity index (χ0) is 19.8. The minimum atomic E-state index is -0.318. The SMILES string of the molecule is CC(C)[n+]1c(N)c(C(=O)NC[C@@H]2CCCO2)cc2c(=O)n3ccccc3nc21. The zero-order valence-corrected chi connectivity index (χ0v) is 16.0. The summed E-state index contributed by atoms with van der Waals surface area (Å²) in [6.07, 6.45) is 3.62. The van der Waals surface area contributed by atoms with Crippen LogP contribution in [0.4, 0.5) is 5.82 Å². The highest BCUT2D eigenvalue weighted by Crippen LogP contribution is 2.17. The van der Waals surface area contributed by atoms with E-state index in [1.165, 1.54) is 4.40 Å². The van der Waals surface area contributed by atoms with E-state index in [4.69, 9.17) is 10.5 Å². The molecular weight excluding hydrogens is 358 g/mol. The van der Waals surface area contributed by atoms with Crippen LogP contribution in [0, 0.1) is 0 Å². The number of nitrogens with two attached hydrogens (primary N) is 1. The van der Waals surface area contributed by atoms with Gasteiger partial charge in [-0.25, -0.2) is 4.57 Å². The van der Waals surface area contributed by atoms with Gasteiger partial charge in [0.05, 0.1) is 12.1 Å². The van der Waals surface area contributed by atoms with Gasteiger partial charge in [-0.1, -0.05) is 11.1 Å². The van der Waals surface area contributed by atoms with Crippen molar-refractivity contribution in [3.8, 4) is 0 Å². The normalized spacial score (nSPS) is 16.9. The molecule has 0 aromatic carbocycles. The highest BCUT2D eigenvalue weighted by Gasteiger charge is 2.26. The number of hydrogen-bond donors (Lipinski definition) is 2. The van der Waals surface area contributed by atoms with Gasteiger partial charge in [-0.3, -0.25) is 14.0 Å². The van der Waals surface area contributed by atoms with Gasteiger partial charge in [-0.2, -0.15) is 0 Å². The molecule has 3 N–H and O–H groups in total. The van der Waals surface area contributed by atoms with Crippen molar-refractivity contribution in [2.45, 2.75) is 38.8 Å². The molecule has 0 aliphatic carbocycles. The monoisotopic (exact) mass is 382 g/mol. The van der Waals surface area contributed by atoms with Crippen molar-refractivity contribution < 1.29 is 14.1 Å². The molecule has 8 heteroatoms.